The summed E-state index contributed by atoms with van der Waals surface area (Å²) < 4.78 is 5.16. The van der Waals surface area contributed by atoms with Crippen LogP contribution in [0.25, 0.3) is 0 Å². The van der Waals surface area contributed by atoms with Gasteiger partial charge in [0.25, 0.3) is 0 Å². The van der Waals surface area contributed by atoms with Crippen molar-refractivity contribution in [3.8, 4) is 0 Å². The summed E-state index contributed by atoms with van der Waals surface area (Å²) in [5, 5.41) is 6.91. The van der Waals surface area contributed by atoms with Crippen molar-refractivity contribution in [2.45, 2.75) is 20.8 Å². The minimum atomic E-state index is 0.617. The highest BCUT2D eigenvalue weighted by Crippen LogP contribution is 1.86. The minimum Gasteiger partial charge on any atom is -0.380 e. The molecule has 0 aliphatic carbocycles. The molecule has 0 aliphatic rings. The van der Waals surface area contributed by atoms with Gasteiger partial charge in [-0.1, -0.05) is 13.8 Å². The lowest BCUT2D eigenvalue weighted by molar-refractivity contribution is 0.152. The van der Waals surface area contributed by atoms with Crippen molar-refractivity contribution in [1.29, 1.82) is 0 Å². The van der Waals surface area contributed by atoms with Gasteiger partial charge in [0.05, 0.1) is 6.61 Å². The van der Waals surface area contributed by atoms with Gasteiger partial charge in [0.2, 0.25) is 0 Å². The molecule has 78 valence electrons. The monoisotopic (exact) mass is 204 g/mol. The largest absolute Gasteiger partial charge is 0.380 e. The van der Waals surface area contributed by atoms with Crippen molar-refractivity contribution < 1.29 is 4.74 Å². The molecule has 2 N–H and O–H groups in total. The van der Waals surface area contributed by atoms with Crippen LogP contribution in [0.5, 0.6) is 0 Å². The van der Waals surface area contributed by atoms with E-state index in [2.05, 4.69) is 24.5 Å². The number of thiocarbonyl (C=S) groups is 1. The molecule has 4 heteroatoms. The van der Waals surface area contributed by atoms with Crippen molar-refractivity contribution in [1.82, 2.24) is 10.6 Å². The molecule has 0 fully saturated rings. The van der Waals surface area contributed by atoms with Crippen molar-refractivity contribution >= 4 is 17.3 Å². The van der Waals surface area contributed by atoms with Gasteiger partial charge in [0, 0.05) is 19.7 Å². The Kier molecular flexibility index (Phi) is 8.04. The van der Waals surface area contributed by atoms with Crippen LogP contribution in [-0.4, -0.2) is 31.4 Å². The third-order valence-corrected chi connectivity index (χ3v) is 1.70. The van der Waals surface area contributed by atoms with E-state index in [0.29, 0.717) is 17.6 Å². The fourth-order valence-electron chi connectivity index (χ4n) is 0.740. The molecule has 0 radical (unpaired) electrons. The van der Waals surface area contributed by atoms with Crippen LogP contribution in [0, 0.1) is 5.92 Å². The molecular weight excluding hydrogens is 184 g/mol. The SMILES string of the molecule is CCOCCNC(=S)NCC(C)C. The van der Waals surface area contributed by atoms with Crippen molar-refractivity contribution in [3.63, 3.8) is 0 Å². The zero-order valence-corrected chi connectivity index (χ0v) is 9.54. The van der Waals surface area contributed by atoms with E-state index >= 15 is 0 Å². The van der Waals surface area contributed by atoms with Crippen LogP contribution in [-0.2, 0) is 4.74 Å². The highest BCUT2D eigenvalue weighted by atomic mass is 32.1. The average molecular weight is 204 g/mol. The summed E-state index contributed by atoms with van der Waals surface area (Å²) in [6, 6.07) is 0. The standard InChI is InChI=1S/C9H20N2OS/c1-4-12-6-5-10-9(13)11-7-8(2)3/h8H,4-7H2,1-3H3,(H2,10,11,13). The van der Waals surface area contributed by atoms with E-state index in [1.165, 1.54) is 0 Å². The Morgan fingerprint density at radius 1 is 1.38 bits per heavy atom. The summed E-state index contributed by atoms with van der Waals surface area (Å²) >= 11 is 5.04. The Labute approximate surface area is 86.2 Å². The number of hydrogen-bond donors (Lipinski definition) is 2. The summed E-state index contributed by atoms with van der Waals surface area (Å²) in [5.41, 5.74) is 0. The summed E-state index contributed by atoms with van der Waals surface area (Å²) in [6.45, 7) is 9.44. The normalized spacial score (nSPS) is 10.2. The van der Waals surface area contributed by atoms with Crippen LogP contribution in [0.15, 0.2) is 0 Å². The molecule has 0 aromatic rings. The molecule has 0 unspecified atom stereocenters. The first-order valence-electron chi connectivity index (χ1n) is 4.76. The Hall–Kier alpha value is -0.350. The molecule has 0 amide bonds. The van der Waals surface area contributed by atoms with Crippen molar-refractivity contribution in [3.05, 3.63) is 0 Å². The first-order valence-corrected chi connectivity index (χ1v) is 5.17. The second-order valence-corrected chi connectivity index (χ2v) is 3.64. The van der Waals surface area contributed by atoms with Gasteiger partial charge < -0.3 is 15.4 Å². The van der Waals surface area contributed by atoms with Crippen molar-refractivity contribution in [2.75, 3.05) is 26.3 Å². The number of rotatable bonds is 6. The van der Waals surface area contributed by atoms with E-state index in [9.17, 15) is 0 Å². The molecule has 0 aromatic heterocycles. The topological polar surface area (TPSA) is 33.3 Å². The van der Waals surface area contributed by atoms with Gasteiger partial charge in [-0.25, -0.2) is 0 Å². The van der Waals surface area contributed by atoms with E-state index in [0.717, 1.165) is 19.7 Å². The van der Waals surface area contributed by atoms with E-state index in [1.807, 2.05) is 6.92 Å². The van der Waals surface area contributed by atoms with Crippen LogP contribution in [0.1, 0.15) is 20.8 Å². The molecule has 3 nitrogen and oxygen atoms in total. The molecule has 0 rings (SSSR count). The second-order valence-electron chi connectivity index (χ2n) is 3.23. The molecular formula is C9H20N2OS. The molecule has 0 saturated carbocycles. The predicted octanol–water partition coefficient (Wildman–Crippen LogP) is 1.14. The highest BCUT2D eigenvalue weighted by molar-refractivity contribution is 7.80. The number of ether oxygens (including phenoxy) is 1. The maximum atomic E-state index is 5.16. The first kappa shape index (κ1) is 12.7. The molecule has 0 aliphatic heterocycles. The number of nitrogens with one attached hydrogen (secondary N) is 2. The third-order valence-electron chi connectivity index (χ3n) is 1.41. The van der Waals surface area contributed by atoms with Gasteiger partial charge in [-0.3, -0.25) is 0 Å². The zero-order valence-electron chi connectivity index (χ0n) is 8.72. The maximum Gasteiger partial charge on any atom is 0.166 e. The molecule has 0 saturated heterocycles. The number of hydrogen-bond acceptors (Lipinski definition) is 2. The third kappa shape index (κ3) is 9.56. The lowest BCUT2D eigenvalue weighted by Gasteiger charge is -2.11. The van der Waals surface area contributed by atoms with Crippen LogP contribution in [0.3, 0.4) is 0 Å². The van der Waals surface area contributed by atoms with Crippen LogP contribution in [0.4, 0.5) is 0 Å². The molecule has 0 aromatic carbocycles. The van der Waals surface area contributed by atoms with Gasteiger partial charge in [-0.05, 0) is 25.1 Å². The van der Waals surface area contributed by atoms with Crippen LogP contribution < -0.4 is 10.6 Å². The van der Waals surface area contributed by atoms with Gasteiger partial charge in [-0.2, -0.15) is 0 Å². The van der Waals surface area contributed by atoms with E-state index in [-0.39, 0.29) is 0 Å². The predicted molar refractivity (Wildman–Crippen MR) is 59.9 cm³/mol. The maximum absolute atomic E-state index is 5.16. The molecule has 0 atom stereocenters. The smallest absolute Gasteiger partial charge is 0.166 e. The van der Waals surface area contributed by atoms with Gasteiger partial charge >= 0.3 is 0 Å². The molecule has 0 heterocycles. The average Bonchev–Trinajstić information content (AvgIpc) is 2.09. The van der Waals surface area contributed by atoms with Gasteiger partial charge in [-0.15, -0.1) is 0 Å². The lowest BCUT2D eigenvalue weighted by atomic mass is 10.2. The first-order chi connectivity index (χ1) is 6.16. The summed E-state index contributed by atoms with van der Waals surface area (Å²) in [7, 11) is 0. The fraction of sp³-hybridized carbons (Fsp3) is 0.889. The molecule has 0 bridgehead atoms. The van der Waals surface area contributed by atoms with Crippen LogP contribution >= 0.6 is 12.2 Å². The second kappa shape index (κ2) is 8.26. The van der Waals surface area contributed by atoms with Crippen LogP contribution in [0.2, 0.25) is 0 Å². The van der Waals surface area contributed by atoms with E-state index in [1.54, 1.807) is 0 Å². The minimum absolute atomic E-state index is 0.617. The van der Waals surface area contributed by atoms with E-state index in [4.69, 9.17) is 17.0 Å². The van der Waals surface area contributed by atoms with Crippen molar-refractivity contribution in [2.24, 2.45) is 5.92 Å². The lowest BCUT2D eigenvalue weighted by Crippen LogP contribution is -2.38. The quantitative estimate of drug-likeness (QED) is 0.502. The zero-order chi connectivity index (χ0) is 10.1. The van der Waals surface area contributed by atoms with E-state index < -0.39 is 0 Å². The summed E-state index contributed by atoms with van der Waals surface area (Å²) in [5.74, 6) is 0.617. The summed E-state index contributed by atoms with van der Waals surface area (Å²) in [6.07, 6.45) is 0. The molecule has 13 heavy (non-hydrogen) atoms. The highest BCUT2D eigenvalue weighted by Gasteiger charge is 1.96. The Balaban J connectivity index is 3.20. The summed E-state index contributed by atoms with van der Waals surface area (Å²) in [4.78, 5) is 0. The Bertz CT molecular complexity index is 140. The van der Waals surface area contributed by atoms with Gasteiger partial charge in [0.1, 0.15) is 0 Å². The molecule has 0 spiro atoms. The Morgan fingerprint density at radius 3 is 2.62 bits per heavy atom. The van der Waals surface area contributed by atoms with Gasteiger partial charge in [0.15, 0.2) is 5.11 Å². The fourth-order valence-corrected chi connectivity index (χ4v) is 0.926. The Morgan fingerprint density at radius 2 is 2.08 bits per heavy atom.